The number of rotatable bonds is 8. The van der Waals surface area contributed by atoms with Crippen LogP contribution in [0.2, 0.25) is 0 Å². The number of thiol groups is 1. The molecule has 1 aromatic heterocycles. The number of carbonyl (C=O) groups is 1. The van der Waals surface area contributed by atoms with Crippen LogP contribution in [0.1, 0.15) is 5.56 Å². The topological polar surface area (TPSA) is 102 Å². The molecule has 1 unspecified atom stereocenters. The van der Waals surface area contributed by atoms with Gasteiger partial charge in [0.25, 0.3) is 0 Å². The van der Waals surface area contributed by atoms with Gasteiger partial charge in [0, 0.05) is 16.9 Å². The first kappa shape index (κ1) is 26.7. The lowest BCUT2D eigenvalue weighted by Gasteiger charge is -2.18. The van der Waals surface area contributed by atoms with Crippen LogP contribution in [0.25, 0.3) is 17.1 Å². The van der Waals surface area contributed by atoms with E-state index in [2.05, 4.69) is 43.4 Å². The number of methoxy groups -OCH3 is 1. The number of nitrogens with one attached hydrogen (secondary N) is 3. The molecule has 0 aliphatic rings. The molecule has 0 bridgehead atoms. The molecule has 0 fully saturated rings. The van der Waals surface area contributed by atoms with E-state index in [-0.39, 0.29) is 5.75 Å². The highest BCUT2D eigenvalue weighted by atomic mass is 32.1. The Morgan fingerprint density at radius 2 is 1.71 bits per heavy atom. The third-order valence-corrected chi connectivity index (χ3v) is 5.48. The average Bonchev–Trinajstić information content (AvgIpc) is 3.35. The lowest BCUT2D eigenvalue weighted by molar-refractivity contribution is -0.274. The van der Waals surface area contributed by atoms with Crippen LogP contribution in [0.4, 0.5) is 29.3 Å². The van der Waals surface area contributed by atoms with Gasteiger partial charge in [-0.05, 0) is 79.2 Å². The number of carbonyl (C=O) groups excluding carboxylic acids is 1. The molecule has 38 heavy (non-hydrogen) atoms. The second-order valence-electron chi connectivity index (χ2n) is 7.96. The van der Waals surface area contributed by atoms with Crippen molar-refractivity contribution in [1.29, 1.82) is 0 Å². The lowest BCUT2D eigenvalue weighted by atomic mass is 10.2. The molecule has 0 saturated carbocycles. The first-order valence-corrected chi connectivity index (χ1v) is 11.7. The number of benzene rings is 3. The lowest BCUT2D eigenvalue weighted by Crippen LogP contribution is -2.39. The van der Waals surface area contributed by atoms with E-state index in [0.717, 1.165) is 17.0 Å². The molecule has 198 valence electrons. The molecule has 2 amide bonds. The molecule has 0 aliphatic heterocycles. The van der Waals surface area contributed by atoms with Crippen molar-refractivity contribution in [2.24, 2.45) is 0 Å². The van der Waals surface area contributed by atoms with Gasteiger partial charge in [0.05, 0.1) is 12.8 Å². The minimum atomic E-state index is -4.76. The fourth-order valence-corrected chi connectivity index (χ4v) is 3.68. The first-order valence-electron chi connectivity index (χ1n) is 11.1. The van der Waals surface area contributed by atoms with E-state index in [4.69, 9.17) is 4.74 Å². The van der Waals surface area contributed by atoms with Crippen LogP contribution in [-0.2, 0) is 0 Å². The van der Waals surface area contributed by atoms with Crippen molar-refractivity contribution in [3.8, 4) is 28.6 Å². The highest BCUT2D eigenvalue weighted by Gasteiger charge is 2.31. The Balaban J connectivity index is 1.33. The van der Waals surface area contributed by atoms with Gasteiger partial charge in [-0.15, -0.1) is 30.9 Å². The summed E-state index contributed by atoms with van der Waals surface area (Å²) in [6.45, 7) is 1.91. The van der Waals surface area contributed by atoms with Gasteiger partial charge in [-0.1, -0.05) is 0 Å². The maximum atomic E-state index is 12.4. The van der Waals surface area contributed by atoms with Gasteiger partial charge < -0.3 is 25.4 Å². The van der Waals surface area contributed by atoms with Crippen molar-refractivity contribution < 1.29 is 27.4 Å². The van der Waals surface area contributed by atoms with Gasteiger partial charge >= 0.3 is 12.4 Å². The Bertz CT molecular complexity index is 1390. The number of alkyl halides is 3. The molecule has 1 atom stereocenters. The maximum Gasteiger partial charge on any atom is 0.573 e. The Hall–Kier alpha value is -4.39. The molecule has 0 spiro atoms. The Morgan fingerprint density at radius 3 is 2.34 bits per heavy atom. The van der Waals surface area contributed by atoms with Crippen LogP contribution in [0.5, 0.6) is 11.5 Å². The zero-order chi connectivity index (χ0) is 27.3. The number of hydrogen-bond donors (Lipinski definition) is 4. The number of aromatic nitrogens is 3. The number of nitrogens with zero attached hydrogens (tertiary/aromatic N) is 3. The molecule has 0 radical (unpaired) electrons. The van der Waals surface area contributed by atoms with Gasteiger partial charge in [-0.3, -0.25) is 0 Å². The van der Waals surface area contributed by atoms with Crippen LogP contribution in [-0.4, -0.2) is 39.8 Å². The fraction of sp³-hybridized carbons (Fsp3) is 0.160. The molecule has 4 aromatic rings. The number of urea groups is 1. The normalized spacial score (nSPS) is 11.9. The van der Waals surface area contributed by atoms with Crippen LogP contribution in [0.15, 0.2) is 73.1 Å². The zero-order valence-electron chi connectivity index (χ0n) is 20.2. The van der Waals surface area contributed by atoms with Crippen LogP contribution >= 0.6 is 12.6 Å². The second kappa shape index (κ2) is 11.3. The molecule has 0 saturated heterocycles. The summed E-state index contributed by atoms with van der Waals surface area (Å²) in [4.78, 5) is 16.6. The molecule has 3 aromatic carbocycles. The monoisotopic (exact) mass is 544 g/mol. The SMILES string of the molecule is COc1ccc(NC(S)NC(=O)Nc2ccc(-c3ncn(-c4ccc(OC(F)(F)F)cc4)n3)cc2)c(C)c1. The zero-order valence-corrected chi connectivity index (χ0v) is 21.0. The van der Waals surface area contributed by atoms with E-state index >= 15 is 0 Å². The minimum Gasteiger partial charge on any atom is -0.497 e. The van der Waals surface area contributed by atoms with Crippen molar-refractivity contribution in [2.45, 2.75) is 18.8 Å². The van der Waals surface area contributed by atoms with E-state index in [1.807, 2.05) is 19.1 Å². The molecular formula is C25H23F3N6O3S. The van der Waals surface area contributed by atoms with Crippen molar-refractivity contribution in [3.05, 3.63) is 78.6 Å². The molecule has 3 N–H and O–H groups in total. The Kier molecular flexibility index (Phi) is 7.96. The predicted molar refractivity (Wildman–Crippen MR) is 140 cm³/mol. The third kappa shape index (κ3) is 7.09. The maximum absolute atomic E-state index is 12.4. The summed E-state index contributed by atoms with van der Waals surface area (Å²) >= 11 is 4.37. The van der Waals surface area contributed by atoms with Crippen molar-refractivity contribution in [1.82, 2.24) is 20.1 Å². The van der Waals surface area contributed by atoms with E-state index < -0.39 is 17.9 Å². The fourth-order valence-electron chi connectivity index (χ4n) is 3.42. The average molecular weight is 545 g/mol. The number of halogens is 3. The van der Waals surface area contributed by atoms with E-state index in [1.165, 1.54) is 35.3 Å². The number of amides is 2. The smallest absolute Gasteiger partial charge is 0.497 e. The van der Waals surface area contributed by atoms with Gasteiger partial charge in [-0.2, -0.15) is 0 Å². The van der Waals surface area contributed by atoms with Crippen molar-refractivity contribution in [3.63, 3.8) is 0 Å². The number of anilines is 2. The van der Waals surface area contributed by atoms with Gasteiger partial charge in [0.15, 0.2) is 5.82 Å². The summed E-state index contributed by atoms with van der Waals surface area (Å²) in [5.41, 5.74) is 2.80. The molecule has 13 heteroatoms. The van der Waals surface area contributed by atoms with E-state index in [9.17, 15) is 18.0 Å². The molecule has 4 rings (SSSR count). The highest BCUT2D eigenvalue weighted by molar-refractivity contribution is 7.81. The molecule has 0 aliphatic carbocycles. The van der Waals surface area contributed by atoms with Crippen LogP contribution in [0.3, 0.4) is 0 Å². The summed E-state index contributed by atoms with van der Waals surface area (Å²) in [5.74, 6) is 0.796. The molecular weight excluding hydrogens is 521 g/mol. The number of ether oxygens (including phenoxy) is 2. The summed E-state index contributed by atoms with van der Waals surface area (Å²) < 4.78 is 47.5. The first-order chi connectivity index (χ1) is 18.1. The Labute approximate surface area is 221 Å². The van der Waals surface area contributed by atoms with Gasteiger partial charge in [0.1, 0.15) is 23.3 Å². The summed E-state index contributed by atoms with van der Waals surface area (Å²) in [6.07, 6.45) is -3.32. The number of hydrogen-bond acceptors (Lipinski definition) is 7. The van der Waals surface area contributed by atoms with Crippen LogP contribution in [0, 0.1) is 6.92 Å². The second-order valence-corrected chi connectivity index (χ2v) is 8.47. The quantitative estimate of drug-likeness (QED) is 0.170. The molecule has 1 heterocycles. The molecule has 9 nitrogen and oxygen atoms in total. The summed E-state index contributed by atoms with van der Waals surface area (Å²) in [6, 6.07) is 17.1. The van der Waals surface area contributed by atoms with Crippen molar-refractivity contribution in [2.75, 3.05) is 17.7 Å². The highest BCUT2D eigenvalue weighted by Crippen LogP contribution is 2.25. The standard InChI is InChI=1S/C25H23F3N6O3S/c1-15-13-20(36-2)11-12-21(15)31-24(38)32-23(35)30-17-5-3-16(4-6-17)22-29-14-34(33-22)18-7-9-19(10-8-18)37-25(26,27)28/h3-14,24,31,38H,1-2H3,(H2,30,32,35). The van der Waals surface area contributed by atoms with Crippen LogP contribution < -0.4 is 25.4 Å². The summed E-state index contributed by atoms with van der Waals surface area (Å²) in [5, 5.41) is 12.9. The predicted octanol–water partition coefficient (Wildman–Crippen LogP) is 5.60. The van der Waals surface area contributed by atoms with E-state index in [0.29, 0.717) is 22.8 Å². The Morgan fingerprint density at radius 1 is 1.03 bits per heavy atom. The van der Waals surface area contributed by atoms with Crippen molar-refractivity contribution >= 4 is 30.0 Å². The minimum absolute atomic E-state index is 0.329. The largest absolute Gasteiger partial charge is 0.573 e. The van der Waals surface area contributed by atoms with Gasteiger partial charge in [0.2, 0.25) is 0 Å². The third-order valence-electron chi connectivity index (χ3n) is 5.22. The van der Waals surface area contributed by atoms with Gasteiger partial charge in [-0.25, -0.2) is 14.5 Å². The number of aryl methyl sites for hydroxylation is 1. The summed E-state index contributed by atoms with van der Waals surface area (Å²) in [7, 11) is 1.59. The van der Waals surface area contributed by atoms with E-state index in [1.54, 1.807) is 37.4 Å².